The molecule has 0 aliphatic heterocycles. The van der Waals surface area contributed by atoms with E-state index in [4.69, 9.17) is 0 Å². The Balaban J connectivity index is 1.36. The molecule has 1 unspecified atom stereocenters. The number of Topliss-reactive ketones (excluding diaryl/α,β-unsaturated/α-hetero) is 1. The van der Waals surface area contributed by atoms with Crippen LogP contribution in [0.2, 0.25) is 0 Å². The lowest BCUT2D eigenvalue weighted by Gasteiger charge is -2.18. The summed E-state index contributed by atoms with van der Waals surface area (Å²) < 4.78 is 1.77. The molecule has 0 fully saturated rings. The zero-order chi connectivity index (χ0) is 25.8. The summed E-state index contributed by atoms with van der Waals surface area (Å²) in [7, 11) is 3.51. The second-order valence-electron chi connectivity index (χ2n) is 9.05. The Morgan fingerprint density at radius 1 is 1.00 bits per heavy atom. The van der Waals surface area contributed by atoms with Gasteiger partial charge in [0, 0.05) is 60.6 Å². The maximum atomic E-state index is 13.8. The maximum Gasteiger partial charge on any atom is 0.251 e. The number of ketones is 1. The number of aromatic nitrogens is 3. The van der Waals surface area contributed by atoms with E-state index < -0.39 is 6.04 Å². The molecule has 5 rings (SSSR count). The van der Waals surface area contributed by atoms with Crippen molar-refractivity contribution in [2.24, 2.45) is 7.05 Å². The number of rotatable bonds is 9. The van der Waals surface area contributed by atoms with Crippen LogP contribution in [0.25, 0.3) is 22.0 Å². The predicted molar refractivity (Wildman–Crippen MR) is 146 cm³/mol. The Morgan fingerprint density at radius 3 is 2.49 bits per heavy atom. The van der Waals surface area contributed by atoms with Gasteiger partial charge in [-0.05, 0) is 41.3 Å². The molecule has 2 heterocycles. The molecule has 0 saturated heterocycles. The number of carbonyl (C=O) groups excluding carboxylic acids is 2. The van der Waals surface area contributed by atoms with Crippen LogP contribution >= 0.6 is 0 Å². The van der Waals surface area contributed by atoms with Gasteiger partial charge in [-0.3, -0.25) is 14.3 Å². The third-order valence-electron chi connectivity index (χ3n) is 6.59. The van der Waals surface area contributed by atoms with Crippen LogP contribution in [0.4, 0.5) is 0 Å². The molecule has 3 aromatic carbocycles. The molecule has 1 atom stereocenters. The summed E-state index contributed by atoms with van der Waals surface area (Å²) in [6.07, 6.45) is 6.33. The fourth-order valence-electron chi connectivity index (χ4n) is 4.57. The fourth-order valence-corrected chi connectivity index (χ4v) is 4.57. The molecule has 0 spiro atoms. The summed E-state index contributed by atoms with van der Waals surface area (Å²) >= 11 is 0. The first kappa shape index (κ1) is 24.2. The first-order valence-corrected chi connectivity index (χ1v) is 12.3. The second kappa shape index (κ2) is 10.6. The third-order valence-corrected chi connectivity index (χ3v) is 6.59. The number of nitrogens with one attached hydrogen (secondary N) is 3. The van der Waals surface area contributed by atoms with E-state index in [1.54, 1.807) is 17.9 Å². The van der Waals surface area contributed by atoms with Gasteiger partial charge in [0.1, 0.15) is 0 Å². The van der Waals surface area contributed by atoms with Gasteiger partial charge in [0.15, 0.2) is 5.78 Å². The van der Waals surface area contributed by atoms with Crippen molar-refractivity contribution >= 4 is 22.6 Å². The minimum Gasteiger partial charge on any atom is -0.360 e. The molecule has 3 N–H and O–H groups in total. The van der Waals surface area contributed by atoms with Gasteiger partial charge in [-0.25, -0.2) is 0 Å². The van der Waals surface area contributed by atoms with Crippen molar-refractivity contribution in [3.05, 3.63) is 114 Å². The van der Waals surface area contributed by atoms with Crippen molar-refractivity contribution in [2.75, 3.05) is 13.6 Å². The smallest absolute Gasteiger partial charge is 0.251 e. The lowest BCUT2D eigenvalue weighted by atomic mass is 9.96. The van der Waals surface area contributed by atoms with E-state index in [2.05, 4.69) is 26.8 Å². The molecular formula is C30H29N5O2. The molecule has 1 amide bonds. The van der Waals surface area contributed by atoms with Crippen molar-refractivity contribution in [2.45, 2.75) is 12.5 Å². The number of amides is 1. The Labute approximate surface area is 215 Å². The third kappa shape index (κ3) is 5.22. The van der Waals surface area contributed by atoms with Crippen molar-refractivity contribution in [1.82, 2.24) is 25.4 Å². The van der Waals surface area contributed by atoms with Crippen molar-refractivity contribution in [3.8, 4) is 11.1 Å². The van der Waals surface area contributed by atoms with Gasteiger partial charge >= 0.3 is 0 Å². The summed E-state index contributed by atoms with van der Waals surface area (Å²) in [6, 6.07) is 22.9. The second-order valence-corrected chi connectivity index (χ2v) is 9.05. The zero-order valence-electron chi connectivity index (χ0n) is 20.9. The van der Waals surface area contributed by atoms with Crippen LogP contribution in [0.15, 0.2) is 91.4 Å². The zero-order valence-corrected chi connectivity index (χ0v) is 20.9. The number of nitrogens with zero attached hydrogens (tertiary/aromatic N) is 2. The van der Waals surface area contributed by atoms with E-state index in [0.717, 1.165) is 39.6 Å². The SMILES string of the molecule is CNC(=O)c1ccc(CCNC(C(=O)c2c[nH]c3cc(-c4cnn(C)c4)ccc23)c2ccccc2)cc1. The van der Waals surface area contributed by atoms with E-state index in [0.29, 0.717) is 17.7 Å². The lowest BCUT2D eigenvalue weighted by molar-refractivity contribution is 0.0941. The number of aryl methyl sites for hydroxylation is 1. The minimum atomic E-state index is -0.483. The van der Waals surface area contributed by atoms with Crippen LogP contribution in [0, 0.1) is 0 Å². The minimum absolute atomic E-state index is 0.0153. The highest BCUT2D eigenvalue weighted by Crippen LogP contribution is 2.28. The molecule has 186 valence electrons. The van der Waals surface area contributed by atoms with E-state index >= 15 is 0 Å². The fraction of sp³-hybridized carbons (Fsp3) is 0.167. The number of hydrogen-bond acceptors (Lipinski definition) is 4. The van der Waals surface area contributed by atoms with E-state index in [1.807, 2.05) is 86.2 Å². The normalized spacial score (nSPS) is 11.9. The number of benzene rings is 3. The van der Waals surface area contributed by atoms with Crippen LogP contribution in [-0.4, -0.2) is 40.0 Å². The van der Waals surface area contributed by atoms with Gasteiger partial charge in [0.05, 0.1) is 12.2 Å². The van der Waals surface area contributed by atoms with Gasteiger partial charge in [-0.2, -0.15) is 5.10 Å². The molecular weight excluding hydrogens is 462 g/mol. The standard InChI is InChI=1S/C30H29N5O2/c1-31-30(37)22-10-8-20(9-11-22)14-15-32-28(21-6-4-3-5-7-21)29(36)26-18-33-27-16-23(12-13-25(26)27)24-17-34-35(2)19-24/h3-13,16-19,28,32-33H,14-15H2,1-2H3,(H,31,37). The summed E-state index contributed by atoms with van der Waals surface area (Å²) in [6.45, 7) is 0.609. The maximum absolute atomic E-state index is 13.8. The molecule has 0 aliphatic rings. The van der Waals surface area contributed by atoms with E-state index in [1.165, 1.54) is 0 Å². The highest BCUT2D eigenvalue weighted by atomic mass is 16.1. The topological polar surface area (TPSA) is 91.8 Å². The Kier molecular flexibility index (Phi) is 6.96. The van der Waals surface area contributed by atoms with Gasteiger partial charge in [-0.1, -0.05) is 54.6 Å². The molecule has 0 radical (unpaired) electrons. The Morgan fingerprint density at radius 2 is 1.78 bits per heavy atom. The number of H-pyrrole nitrogens is 1. The molecule has 0 bridgehead atoms. The Hall–Kier alpha value is -4.49. The number of carbonyl (C=O) groups is 2. The number of hydrogen-bond donors (Lipinski definition) is 3. The van der Waals surface area contributed by atoms with Gasteiger partial charge in [0.25, 0.3) is 5.91 Å². The van der Waals surface area contributed by atoms with Crippen molar-refractivity contribution < 1.29 is 9.59 Å². The van der Waals surface area contributed by atoms with Crippen LogP contribution in [0.5, 0.6) is 0 Å². The highest BCUT2D eigenvalue weighted by molar-refractivity contribution is 6.11. The number of fused-ring (bicyclic) bond motifs is 1. The summed E-state index contributed by atoms with van der Waals surface area (Å²) in [5.74, 6) is -0.0905. The van der Waals surface area contributed by atoms with E-state index in [-0.39, 0.29) is 11.7 Å². The van der Waals surface area contributed by atoms with Crippen LogP contribution in [0.1, 0.15) is 37.9 Å². The molecule has 0 aliphatic carbocycles. The lowest BCUT2D eigenvalue weighted by Crippen LogP contribution is -2.30. The molecule has 7 nitrogen and oxygen atoms in total. The highest BCUT2D eigenvalue weighted by Gasteiger charge is 2.24. The monoisotopic (exact) mass is 491 g/mol. The summed E-state index contributed by atoms with van der Waals surface area (Å²) in [5, 5.41) is 11.3. The predicted octanol–water partition coefficient (Wildman–Crippen LogP) is 4.68. The molecule has 7 heteroatoms. The van der Waals surface area contributed by atoms with Gasteiger partial charge in [-0.15, -0.1) is 0 Å². The number of aromatic amines is 1. The van der Waals surface area contributed by atoms with Gasteiger partial charge < -0.3 is 15.6 Å². The molecule has 37 heavy (non-hydrogen) atoms. The Bertz CT molecular complexity index is 1530. The average Bonchev–Trinajstić information content (AvgIpc) is 3.57. The molecule has 0 saturated carbocycles. The van der Waals surface area contributed by atoms with E-state index in [9.17, 15) is 9.59 Å². The largest absolute Gasteiger partial charge is 0.360 e. The first-order valence-electron chi connectivity index (χ1n) is 12.3. The molecule has 5 aromatic rings. The van der Waals surface area contributed by atoms with Gasteiger partial charge in [0.2, 0.25) is 0 Å². The quantitative estimate of drug-likeness (QED) is 0.261. The van der Waals surface area contributed by atoms with Crippen molar-refractivity contribution in [1.29, 1.82) is 0 Å². The molecule has 2 aromatic heterocycles. The summed E-state index contributed by atoms with van der Waals surface area (Å²) in [4.78, 5) is 28.9. The van der Waals surface area contributed by atoms with Crippen molar-refractivity contribution in [3.63, 3.8) is 0 Å². The average molecular weight is 492 g/mol. The van der Waals surface area contributed by atoms with Crippen LogP contribution < -0.4 is 10.6 Å². The van der Waals surface area contributed by atoms with Crippen LogP contribution in [-0.2, 0) is 13.5 Å². The van der Waals surface area contributed by atoms with Crippen LogP contribution in [0.3, 0.4) is 0 Å². The first-order chi connectivity index (χ1) is 18.0. The summed E-state index contributed by atoms with van der Waals surface area (Å²) in [5.41, 5.74) is 6.28.